The first-order chi connectivity index (χ1) is 16.6. The minimum absolute atomic E-state index is 0.118. The van der Waals surface area contributed by atoms with Gasteiger partial charge in [0.1, 0.15) is 11.5 Å². The molecular formula is C27H35NO6. The van der Waals surface area contributed by atoms with E-state index in [0.717, 1.165) is 73.8 Å². The summed E-state index contributed by atoms with van der Waals surface area (Å²) < 4.78 is 27.4. The molecule has 0 amide bonds. The highest BCUT2D eigenvalue weighted by Crippen LogP contribution is 2.36. The molecule has 0 aromatic heterocycles. The average Bonchev–Trinajstić information content (AvgIpc) is 3.26. The van der Waals surface area contributed by atoms with Crippen molar-refractivity contribution in [2.45, 2.75) is 38.5 Å². The van der Waals surface area contributed by atoms with Gasteiger partial charge >= 0.3 is 0 Å². The lowest BCUT2D eigenvalue weighted by Crippen LogP contribution is -2.24. The summed E-state index contributed by atoms with van der Waals surface area (Å²) >= 11 is 0. The van der Waals surface area contributed by atoms with Gasteiger partial charge in [0, 0.05) is 24.9 Å². The van der Waals surface area contributed by atoms with E-state index in [2.05, 4.69) is 11.9 Å². The number of carbonyl (C=O) groups excluding carboxylic acids is 1. The van der Waals surface area contributed by atoms with Gasteiger partial charge in [0.25, 0.3) is 0 Å². The summed E-state index contributed by atoms with van der Waals surface area (Å²) in [7, 11) is 5.41. The molecule has 0 fully saturated rings. The monoisotopic (exact) mass is 469 g/mol. The molecule has 7 nitrogen and oxygen atoms in total. The SMILES string of the molecule is COc1cc2c(cc1OC)CC(=O)C(CCCN(C)CCCOc1ccc3c(c1)OCO3)CC2. The van der Waals surface area contributed by atoms with Crippen molar-refractivity contribution >= 4 is 5.78 Å². The second-order valence-electron chi connectivity index (χ2n) is 9.02. The van der Waals surface area contributed by atoms with E-state index in [1.54, 1.807) is 14.2 Å². The minimum atomic E-state index is 0.118. The molecule has 2 aliphatic rings. The molecule has 34 heavy (non-hydrogen) atoms. The van der Waals surface area contributed by atoms with Crippen LogP contribution in [0.15, 0.2) is 30.3 Å². The molecule has 4 rings (SSSR count). The van der Waals surface area contributed by atoms with Gasteiger partial charge in [0.2, 0.25) is 6.79 Å². The van der Waals surface area contributed by atoms with E-state index in [-0.39, 0.29) is 12.7 Å². The second-order valence-corrected chi connectivity index (χ2v) is 9.02. The van der Waals surface area contributed by atoms with Crippen molar-refractivity contribution in [2.75, 3.05) is 47.8 Å². The van der Waals surface area contributed by atoms with Crippen molar-refractivity contribution < 1.29 is 28.5 Å². The minimum Gasteiger partial charge on any atom is -0.493 e. The standard InChI is InChI=1S/C27H35NO6/c1-28(12-5-13-32-22-9-10-24-27(17-22)34-18-33-24)11-4-6-19-7-8-20-15-25(30-2)26(31-3)16-21(20)14-23(19)29/h9-10,15-17,19H,4-8,11-14,18H2,1-3H3. The lowest BCUT2D eigenvalue weighted by Gasteiger charge is -2.18. The van der Waals surface area contributed by atoms with Crippen LogP contribution in [0.2, 0.25) is 0 Å². The third kappa shape index (κ3) is 5.95. The van der Waals surface area contributed by atoms with E-state index in [0.29, 0.717) is 24.6 Å². The molecule has 1 atom stereocenters. The van der Waals surface area contributed by atoms with Crippen LogP contribution in [0.5, 0.6) is 28.7 Å². The molecular weight excluding hydrogens is 434 g/mol. The lowest BCUT2D eigenvalue weighted by atomic mass is 9.93. The molecule has 2 aromatic rings. The molecule has 0 spiro atoms. The van der Waals surface area contributed by atoms with Crippen LogP contribution in [0.3, 0.4) is 0 Å². The van der Waals surface area contributed by atoms with Crippen molar-refractivity contribution in [3.63, 3.8) is 0 Å². The highest BCUT2D eigenvalue weighted by molar-refractivity contribution is 5.84. The Bertz CT molecular complexity index is 991. The molecule has 0 saturated carbocycles. The molecule has 184 valence electrons. The van der Waals surface area contributed by atoms with Gasteiger partial charge in [-0.15, -0.1) is 0 Å². The molecule has 7 heteroatoms. The summed E-state index contributed by atoms with van der Waals surface area (Å²) in [5, 5.41) is 0. The van der Waals surface area contributed by atoms with Crippen molar-refractivity contribution in [3.8, 4) is 28.7 Å². The van der Waals surface area contributed by atoms with E-state index in [9.17, 15) is 4.79 Å². The highest BCUT2D eigenvalue weighted by Gasteiger charge is 2.25. The Morgan fingerprint density at radius 2 is 1.71 bits per heavy atom. The van der Waals surface area contributed by atoms with Crippen LogP contribution in [0, 0.1) is 5.92 Å². The third-order valence-corrected chi connectivity index (χ3v) is 6.68. The zero-order valence-electron chi connectivity index (χ0n) is 20.4. The number of hydrogen-bond acceptors (Lipinski definition) is 7. The van der Waals surface area contributed by atoms with Gasteiger partial charge in [-0.3, -0.25) is 4.79 Å². The smallest absolute Gasteiger partial charge is 0.231 e. The summed E-state index contributed by atoms with van der Waals surface area (Å²) in [4.78, 5) is 15.2. The number of aryl methyl sites for hydroxylation is 1. The molecule has 0 N–H and O–H groups in total. The highest BCUT2D eigenvalue weighted by atomic mass is 16.7. The molecule has 0 saturated heterocycles. The first-order valence-electron chi connectivity index (χ1n) is 12.0. The number of carbonyl (C=O) groups is 1. The lowest BCUT2D eigenvalue weighted by molar-refractivity contribution is -0.122. The average molecular weight is 470 g/mol. The normalized spacial score (nSPS) is 16.8. The number of ketones is 1. The van der Waals surface area contributed by atoms with E-state index >= 15 is 0 Å². The van der Waals surface area contributed by atoms with Crippen LogP contribution in [0.4, 0.5) is 0 Å². The predicted molar refractivity (Wildman–Crippen MR) is 129 cm³/mol. The summed E-state index contributed by atoms with van der Waals surface area (Å²) in [6.45, 7) is 2.85. The zero-order chi connectivity index (χ0) is 23.9. The fourth-order valence-corrected chi connectivity index (χ4v) is 4.70. The van der Waals surface area contributed by atoms with Gasteiger partial charge in [0.15, 0.2) is 23.0 Å². The van der Waals surface area contributed by atoms with Crippen molar-refractivity contribution in [3.05, 3.63) is 41.5 Å². The summed E-state index contributed by atoms with van der Waals surface area (Å²) in [6.07, 6.45) is 5.16. The van der Waals surface area contributed by atoms with Crippen LogP contribution in [-0.4, -0.2) is 58.4 Å². The number of methoxy groups -OCH3 is 2. The Morgan fingerprint density at radius 1 is 0.971 bits per heavy atom. The van der Waals surface area contributed by atoms with Crippen molar-refractivity contribution in [2.24, 2.45) is 5.92 Å². The van der Waals surface area contributed by atoms with E-state index in [1.165, 1.54) is 5.56 Å². The fourth-order valence-electron chi connectivity index (χ4n) is 4.70. The second kappa shape index (κ2) is 11.5. The van der Waals surface area contributed by atoms with E-state index in [4.69, 9.17) is 23.7 Å². The van der Waals surface area contributed by atoms with Crippen molar-refractivity contribution in [1.82, 2.24) is 4.90 Å². The molecule has 0 radical (unpaired) electrons. The first kappa shape index (κ1) is 24.2. The number of ether oxygens (including phenoxy) is 5. The van der Waals surface area contributed by atoms with Crippen LogP contribution in [0.25, 0.3) is 0 Å². The number of nitrogens with zero attached hydrogens (tertiary/aromatic N) is 1. The van der Waals surface area contributed by atoms with Crippen molar-refractivity contribution in [1.29, 1.82) is 0 Å². The molecule has 1 aliphatic heterocycles. The largest absolute Gasteiger partial charge is 0.493 e. The quantitative estimate of drug-likeness (QED) is 0.359. The third-order valence-electron chi connectivity index (χ3n) is 6.68. The number of hydrogen-bond donors (Lipinski definition) is 0. The van der Waals surface area contributed by atoms with Gasteiger partial charge in [-0.05, 0) is 81.1 Å². The van der Waals surface area contributed by atoms with E-state index < -0.39 is 0 Å². The molecule has 1 heterocycles. The maximum atomic E-state index is 12.9. The van der Waals surface area contributed by atoms with E-state index in [1.807, 2.05) is 30.3 Å². The Kier molecular flexibility index (Phi) is 8.16. The zero-order valence-corrected chi connectivity index (χ0v) is 20.4. The van der Waals surface area contributed by atoms with Gasteiger partial charge < -0.3 is 28.6 Å². The van der Waals surface area contributed by atoms with Crippen LogP contribution < -0.4 is 23.7 Å². The maximum Gasteiger partial charge on any atom is 0.231 e. The topological polar surface area (TPSA) is 66.5 Å². The first-order valence-corrected chi connectivity index (χ1v) is 12.0. The molecule has 1 unspecified atom stereocenters. The predicted octanol–water partition coefficient (Wildman–Crippen LogP) is 4.29. The van der Waals surface area contributed by atoms with Crippen LogP contribution >= 0.6 is 0 Å². The van der Waals surface area contributed by atoms with Gasteiger partial charge in [-0.1, -0.05) is 0 Å². The Hall–Kier alpha value is -2.93. The Balaban J connectivity index is 1.16. The van der Waals surface area contributed by atoms with Gasteiger partial charge in [-0.25, -0.2) is 0 Å². The number of fused-ring (bicyclic) bond motifs is 2. The Morgan fingerprint density at radius 3 is 2.50 bits per heavy atom. The van der Waals surface area contributed by atoms with Crippen LogP contribution in [-0.2, 0) is 17.6 Å². The van der Waals surface area contributed by atoms with Gasteiger partial charge in [-0.2, -0.15) is 0 Å². The molecule has 1 aliphatic carbocycles. The Labute approximate surface area is 201 Å². The summed E-state index contributed by atoms with van der Waals surface area (Å²) in [5.74, 6) is 4.19. The summed E-state index contributed by atoms with van der Waals surface area (Å²) in [5.41, 5.74) is 2.28. The summed E-state index contributed by atoms with van der Waals surface area (Å²) in [6, 6.07) is 9.66. The number of Topliss-reactive ketones (excluding diaryl/α,β-unsaturated/α-hetero) is 1. The van der Waals surface area contributed by atoms with Crippen LogP contribution in [0.1, 0.15) is 36.8 Å². The fraction of sp³-hybridized carbons (Fsp3) is 0.519. The number of rotatable bonds is 11. The maximum absolute atomic E-state index is 12.9. The van der Waals surface area contributed by atoms with Gasteiger partial charge in [0.05, 0.1) is 20.8 Å². The number of benzene rings is 2. The molecule has 0 bridgehead atoms. The molecule has 2 aromatic carbocycles.